The fraction of sp³-hybridized carbons (Fsp3) is 0. The Kier molecular flexibility index (Phi) is 13.2. The van der Waals surface area contributed by atoms with Crippen molar-refractivity contribution in [1.82, 2.24) is 0 Å². The van der Waals surface area contributed by atoms with Crippen molar-refractivity contribution < 1.29 is 8.83 Å². The molecule has 4 heteroatoms. The molecule has 18 rings (SSSR count). The molecule has 440 valence electrons. The number of rotatable bonds is 12. The van der Waals surface area contributed by atoms with Crippen LogP contribution < -0.4 is 9.80 Å². The Labute approximate surface area is 544 Å². The Bertz CT molecular complexity index is 5540. The highest BCUT2D eigenvalue weighted by Gasteiger charge is 2.29. The molecule has 2 heterocycles. The lowest BCUT2D eigenvalue weighted by Crippen LogP contribution is -2.13. The fourth-order valence-corrected chi connectivity index (χ4v) is 14.6. The van der Waals surface area contributed by atoms with Gasteiger partial charge in [-0.05, 0) is 103 Å². The molecule has 94 heavy (non-hydrogen) atoms. The van der Waals surface area contributed by atoms with Crippen molar-refractivity contribution in [3.05, 3.63) is 352 Å². The van der Waals surface area contributed by atoms with Crippen LogP contribution >= 0.6 is 0 Å². The van der Waals surface area contributed by atoms with Crippen molar-refractivity contribution in [3.8, 4) is 66.8 Å². The van der Waals surface area contributed by atoms with E-state index in [1.165, 1.54) is 5.39 Å². The molecule has 0 aliphatic heterocycles. The SMILES string of the molecule is c1ccc(-c2ccccc2N(c2cc(-c3ccccc3)c3oc4c(-c5ccccc5)cccc4c3c2)c2cc3cc(N(c4cc(-c5ccccc5)c5oc6c(-c7ccccc7)cccc6c5c4)c4ccccc4-c4ccccc4)c4ccccc4c3c3ccccc23)cc1. The van der Waals surface area contributed by atoms with Gasteiger partial charge in [-0.1, -0.05) is 303 Å². The average Bonchev–Trinajstić information content (AvgIpc) is 1.71. The van der Waals surface area contributed by atoms with E-state index in [1.54, 1.807) is 0 Å². The first-order chi connectivity index (χ1) is 46.7. The zero-order valence-electron chi connectivity index (χ0n) is 51.2. The quantitative estimate of drug-likeness (QED) is 0.114. The predicted molar refractivity (Wildman–Crippen MR) is 395 cm³/mol. The van der Waals surface area contributed by atoms with E-state index in [0.29, 0.717) is 0 Å². The van der Waals surface area contributed by atoms with E-state index in [4.69, 9.17) is 8.83 Å². The molecule has 0 aliphatic carbocycles. The summed E-state index contributed by atoms with van der Waals surface area (Å²) in [5.41, 5.74) is 22.4. The van der Waals surface area contributed by atoms with Crippen molar-refractivity contribution in [2.45, 2.75) is 0 Å². The topological polar surface area (TPSA) is 32.8 Å². The van der Waals surface area contributed by atoms with E-state index in [2.05, 4.69) is 362 Å². The molecule has 0 saturated heterocycles. The van der Waals surface area contributed by atoms with Crippen LogP contribution in [0.25, 0.3) is 143 Å². The molecule has 0 atom stereocenters. The minimum Gasteiger partial charge on any atom is -0.455 e. The minimum absolute atomic E-state index is 0.841. The highest BCUT2D eigenvalue weighted by molar-refractivity contribution is 6.27. The Balaban J connectivity index is 0.953. The maximum absolute atomic E-state index is 7.24. The Morgan fingerprint density at radius 2 is 0.457 bits per heavy atom. The second kappa shape index (κ2) is 22.8. The molecule has 0 fully saturated rings. The molecular formula is C90H58N2O2. The number of hydrogen-bond acceptors (Lipinski definition) is 4. The van der Waals surface area contributed by atoms with E-state index < -0.39 is 0 Å². The number of nitrogens with zero attached hydrogens (tertiary/aromatic N) is 2. The summed E-state index contributed by atoms with van der Waals surface area (Å²) in [6.07, 6.45) is 0. The lowest BCUT2D eigenvalue weighted by Gasteiger charge is -2.32. The summed E-state index contributed by atoms with van der Waals surface area (Å²) in [7, 11) is 0. The molecule has 0 aliphatic rings. The predicted octanol–water partition coefficient (Wildman–Crippen LogP) is 25.9. The molecule has 18 aromatic rings. The molecule has 0 radical (unpaired) electrons. The van der Waals surface area contributed by atoms with Crippen LogP contribution in [0.5, 0.6) is 0 Å². The van der Waals surface area contributed by atoms with E-state index in [-0.39, 0.29) is 0 Å². The van der Waals surface area contributed by atoms with Gasteiger partial charge in [-0.3, -0.25) is 0 Å². The van der Waals surface area contributed by atoms with E-state index in [1.807, 2.05) is 0 Å². The highest BCUT2D eigenvalue weighted by atomic mass is 16.3. The van der Waals surface area contributed by atoms with E-state index in [0.717, 1.165) is 172 Å². The van der Waals surface area contributed by atoms with E-state index >= 15 is 0 Å². The first-order valence-electron chi connectivity index (χ1n) is 32.1. The molecule has 4 nitrogen and oxygen atoms in total. The normalized spacial score (nSPS) is 11.6. The number of furan rings is 2. The highest BCUT2D eigenvalue weighted by Crippen LogP contribution is 2.54. The molecule has 2 aromatic heterocycles. The van der Waals surface area contributed by atoms with Crippen LogP contribution in [0.1, 0.15) is 0 Å². The molecule has 0 amide bonds. The number of benzene rings is 16. The van der Waals surface area contributed by atoms with Crippen LogP contribution in [0.3, 0.4) is 0 Å². The number of anilines is 6. The van der Waals surface area contributed by atoms with Gasteiger partial charge in [-0.15, -0.1) is 0 Å². The van der Waals surface area contributed by atoms with Gasteiger partial charge in [0.15, 0.2) is 0 Å². The first kappa shape index (κ1) is 54.4. The van der Waals surface area contributed by atoms with Crippen LogP contribution in [0.2, 0.25) is 0 Å². The Morgan fingerprint density at radius 1 is 0.181 bits per heavy atom. The number of para-hydroxylation sites is 4. The zero-order valence-corrected chi connectivity index (χ0v) is 51.2. The monoisotopic (exact) mass is 1200 g/mol. The third-order valence-electron chi connectivity index (χ3n) is 18.8. The third-order valence-corrected chi connectivity index (χ3v) is 18.8. The number of hydrogen-bond donors (Lipinski definition) is 0. The van der Waals surface area contributed by atoms with Crippen LogP contribution in [-0.2, 0) is 0 Å². The maximum atomic E-state index is 7.24. The molecule has 16 aromatic carbocycles. The summed E-state index contributed by atoms with van der Waals surface area (Å²) in [6, 6.07) is 127. The smallest absolute Gasteiger partial charge is 0.143 e. The zero-order chi connectivity index (χ0) is 62.1. The van der Waals surface area contributed by atoms with Crippen LogP contribution in [0.15, 0.2) is 361 Å². The maximum Gasteiger partial charge on any atom is 0.143 e. The van der Waals surface area contributed by atoms with Crippen LogP contribution in [0, 0.1) is 0 Å². The summed E-state index contributed by atoms with van der Waals surface area (Å²) in [5.74, 6) is 0. The largest absolute Gasteiger partial charge is 0.455 e. The molecule has 0 saturated carbocycles. The summed E-state index contributed by atoms with van der Waals surface area (Å²) in [5, 5.41) is 11.0. The van der Waals surface area contributed by atoms with Crippen LogP contribution in [-0.4, -0.2) is 0 Å². The summed E-state index contributed by atoms with van der Waals surface area (Å²) in [6.45, 7) is 0. The molecule has 0 N–H and O–H groups in total. The lowest BCUT2D eigenvalue weighted by molar-refractivity contribution is 0.670. The Morgan fingerprint density at radius 3 is 0.830 bits per heavy atom. The first-order valence-corrected chi connectivity index (χ1v) is 32.1. The van der Waals surface area contributed by atoms with E-state index in [9.17, 15) is 0 Å². The van der Waals surface area contributed by atoms with Gasteiger partial charge in [0.05, 0.1) is 22.7 Å². The molecule has 0 spiro atoms. The van der Waals surface area contributed by atoms with Gasteiger partial charge in [-0.2, -0.15) is 0 Å². The van der Waals surface area contributed by atoms with Gasteiger partial charge in [0.1, 0.15) is 22.3 Å². The van der Waals surface area contributed by atoms with Crippen molar-refractivity contribution in [1.29, 1.82) is 0 Å². The number of fused-ring (bicyclic) bond motifs is 11. The van der Waals surface area contributed by atoms with Gasteiger partial charge in [0.25, 0.3) is 0 Å². The second-order valence-electron chi connectivity index (χ2n) is 24.2. The van der Waals surface area contributed by atoms with Gasteiger partial charge in [-0.25, -0.2) is 0 Å². The lowest BCUT2D eigenvalue weighted by atomic mass is 9.92. The van der Waals surface area contributed by atoms with Gasteiger partial charge < -0.3 is 18.6 Å². The standard InChI is InChI=1S/C90H58N2O2/c1-7-29-59(30-8-1)68-41-23-25-51-82(68)91(66-55-78(63-37-15-5-16-38-63)89-80(57-66)76-49-27-47-70(87(76)93-89)61-33-11-3-12-34-61)84-53-65-54-85(73-44-20-22-46-75(73)86(65)74-45-21-19-43-72(74)84)92(83-52-26-24-42-69(83)60-31-9-2-10-32-60)67-56-79(64-39-17-6-18-40-64)90-81(58-67)77-50-28-48-71(88(77)94-90)62-35-13-4-14-36-62/h1-58H. The summed E-state index contributed by atoms with van der Waals surface area (Å²) >= 11 is 0. The second-order valence-corrected chi connectivity index (χ2v) is 24.2. The average molecular weight is 1200 g/mol. The van der Waals surface area contributed by atoms with Crippen molar-refractivity contribution in [2.75, 3.05) is 9.80 Å². The Hall–Kier alpha value is -12.5. The summed E-state index contributed by atoms with van der Waals surface area (Å²) < 4.78 is 14.5. The minimum atomic E-state index is 0.841. The molecular weight excluding hydrogens is 1140 g/mol. The van der Waals surface area contributed by atoms with Crippen molar-refractivity contribution >= 4 is 110 Å². The fourth-order valence-electron chi connectivity index (χ4n) is 14.6. The summed E-state index contributed by atoms with van der Waals surface area (Å²) in [4.78, 5) is 5.03. The van der Waals surface area contributed by atoms with Crippen molar-refractivity contribution in [3.63, 3.8) is 0 Å². The van der Waals surface area contributed by atoms with Gasteiger partial charge in [0, 0.05) is 77.1 Å². The van der Waals surface area contributed by atoms with Crippen molar-refractivity contribution in [2.24, 2.45) is 0 Å². The molecule has 0 unspecified atom stereocenters. The molecule has 0 bridgehead atoms. The van der Waals surface area contributed by atoms with Crippen LogP contribution in [0.4, 0.5) is 34.1 Å². The third kappa shape index (κ3) is 9.14. The van der Waals surface area contributed by atoms with Gasteiger partial charge in [0.2, 0.25) is 0 Å². The van der Waals surface area contributed by atoms with Gasteiger partial charge >= 0.3 is 0 Å².